The van der Waals surface area contributed by atoms with Crippen LogP contribution in [0.15, 0.2) is 0 Å². The lowest BCUT2D eigenvalue weighted by atomic mass is 10.1. The van der Waals surface area contributed by atoms with Crippen LogP contribution in [0.2, 0.25) is 0 Å². The molecular formula is C16H27N5O. The van der Waals surface area contributed by atoms with Gasteiger partial charge in [-0.15, -0.1) is 0 Å². The molecule has 0 radical (unpaired) electrons. The normalized spacial score (nSPS) is 23.5. The molecular weight excluding hydrogens is 278 g/mol. The van der Waals surface area contributed by atoms with Crippen molar-refractivity contribution in [3.63, 3.8) is 0 Å². The lowest BCUT2D eigenvalue weighted by Crippen LogP contribution is -2.35. The van der Waals surface area contributed by atoms with E-state index in [-0.39, 0.29) is 5.91 Å². The Hall–Kier alpha value is -1.40. The standard InChI is InChI=1S/C16H27N5O/c1-19(2)12-5-4-8-21(10-6-12)16(22)15-13-11-20(3)9-7-14(13)17-18-15/h12H,4-11H2,1-3H3,(H,17,18)/t12-/m0/s1. The van der Waals surface area contributed by atoms with Crippen LogP contribution >= 0.6 is 0 Å². The zero-order valence-electron chi connectivity index (χ0n) is 13.9. The van der Waals surface area contributed by atoms with Crippen LogP contribution in [-0.4, -0.2) is 77.6 Å². The minimum absolute atomic E-state index is 0.104. The van der Waals surface area contributed by atoms with E-state index in [1.165, 1.54) is 0 Å². The van der Waals surface area contributed by atoms with E-state index in [1.807, 2.05) is 4.90 Å². The van der Waals surface area contributed by atoms with Gasteiger partial charge in [0, 0.05) is 49.9 Å². The van der Waals surface area contributed by atoms with E-state index < -0.39 is 0 Å². The second kappa shape index (κ2) is 6.38. The monoisotopic (exact) mass is 305 g/mol. The summed E-state index contributed by atoms with van der Waals surface area (Å²) in [4.78, 5) is 19.4. The second-order valence-electron chi connectivity index (χ2n) is 6.86. The third-order valence-electron chi connectivity index (χ3n) is 5.04. The highest BCUT2D eigenvalue weighted by molar-refractivity contribution is 5.94. The number of rotatable bonds is 2. The molecule has 2 aliphatic heterocycles. The average molecular weight is 305 g/mol. The molecule has 1 aromatic heterocycles. The predicted octanol–water partition coefficient (Wildman–Crippen LogP) is 0.954. The lowest BCUT2D eigenvalue weighted by Gasteiger charge is -2.25. The summed E-state index contributed by atoms with van der Waals surface area (Å²) < 4.78 is 0. The van der Waals surface area contributed by atoms with E-state index in [1.54, 1.807) is 0 Å². The van der Waals surface area contributed by atoms with Crippen LogP contribution in [-0.2, 0) is 13.0 Å². The maximum atomic E-state index is 12.9. The summed E-state index contributed by atoms with van der Waals surface area (Å²) in [5, 5.41) is 7.42. The Morgan fingerprint density at radius 2 is 2.09 bits per heavy atom. The summed E-state index contributed by atoms with van der Waals surface area (Å²) in [5.74, 6) is 0.104. The fourth-order valence-electron chi connectivity index (χ4n) is 3.55. The van der Waals surface area contributed by atoms with Gasteiger partial charge in [0.05, 0.1) is 0 Å². The van der Waals surface area contributed by atoms with Gasteiger partial charge >= 0.3 is 0 Å². The van der Waals surface area contributed by atoms with Gasteiger partial charge in [-0.1, -0.05) is 0 Å². The van der Waals surface area contributed by atoms with Crippen molar-refractivity contribution < 1.29 is 4.79 Å². The number of hydrogen-bond acceptors (Lipinski definition) is 4. The van der Waals surface area contributed by atoms with E-state index in [0.717, 1.165) is 63.1 Å². The number of nitrogens with zero attached hydrogens (tertiary/aromatic N) is 4. The molecule has 2 aliphatic rings. The zero-order valence-corrected chi connectivity index (χ0v) is 13.9. The molecule has 0 aliphatic carbocycles. The number of carbonyl (C=O) groups is 1. The van der Waals surface area contributed by atoms with Crippen molar-refractivity contribution in [1.82, 2.24) is 24.9 Å². The van der Waals surface area contributed by atoms with Crippen LogP contribution in [0.1, 0.15) is 41.0 Å². The van der Waals surface area contributed by atoms with E-state index in [2.05, 4.69) is 41.1 Å². The van der Waals surface area contributed by atoms with Crippen molar-refractivity contribution in [2.75, 3.05) is 40.8 Å². The zero-order chi connectivity index (χ0) is 15.7. The lowest BCUT2D eigenvalue weighted by molar-refractivity contribution is 0.0750. The second-order valence-corrected chi connectivity index (χ2v) is 6.86. The number of amides is 1. The molecule has 22 heavy (non-hydrogen) atoms. The summed E-state index contributed by atoms with van der Waals surface area (Å²) in [6.45, 7) is 3.53. The highest BCUT2D eigenvalue weighted by Gasteiger charge is 2.28. The molecule has 0 spiro atoms. The predicted molar refractivity (Wildman–Crippen MR) is 85.9 cm³/mol. The minimum atomic E-state index is 0.104. The molecule has 6 nitrogen and oxygen atoms in total. The maximum Gasteiger partial charge on any atom is 0.274 e. The molecule has 1 atom stereocenters. The van der Waals surface area contributed by atoms with E-state index in [4.69, 9.17) is 0 Å². The van der Waals surface area contributed by atoms with E-state index in [9.17, 15) is 4.79 Å². The van der Waals surface area contributed by atoms with Gasteiger partial charge in [-0.05, 0) is 40.4 Å². The minimum Gasteiger partial charge on any atom is -0.337 e. The number of carbonyl (C=O) groups excluding carboxylic acids is 1. The Morgan fingerprint density at radius 3 is 2.86 bits per heavy atom. The van der Waals surface area contributed by atoms with Crippen molar-refractivity contribution in [3.05, 3.63) is 17.0 Å². The van der Waals surface area contributed by atoms with Crippen LogP contribution in [0.3, 0.4) is 0 Å². The van der Waals surface area contributed by atoms with Gasteiger partial charge in [-0.3, -0.25) is 9.89 Å². The number of likely N-dealkylation sites (tertiary alicyclic amines) is 1. The summed E-state index contributed by atoms with van der Waals surface area (Å²) in [6.07, 6.45) is 4.24. The van der Waals surface area contributed by atoms with E-state index >= 15 is 0 Å². The van der Waals surface area contributed by atoms with Gasteiger partial charge in [-0.25, -0.2) is 0 Å². The van der Waals surface area contributed by atoms with Crippen molar-refractivity contribution >= 4 is 5.91 Å². The molecule has 3 heterocycles. The fraction of sp³-hybridized carbons (Fsp3) is 0.750. The Balaban J connectivity index is 1.73. The number of nitrogens with one attached hydrogen (secondary N) is 1. The molecule has 0 bridgehead atoms. The summed E-state index contributed by atoms with van der Waals surface area (Å²) in [7, 11) is 6.35. The number of aromatic amines is 1. The first kappa shape index (κ1) is 15.5. The third kappa shape index (κ3) is 3.03. The largest absolute Gasteiger partial charge is 0.337 e. The van der Waals surface area contributed by atoms with Crippen LogP contribution in [0.5, 0.6) is 0 Å². The quantitative estimate of drug-likeness (QED) is 0.884. The molecule has 122 valence electrons. The first-order chi connectivity index (χ1) is 10.6. The molecule has 1 aromatic rings. The third-order valence-corrected chi connectivity index (χ3v) is 5.04. The fourth-order valence-corrected chi connectivity index (χ4v) is 3.55. The van der Waals surface area contributed by atoms with Crippen LogP contribution in [0.4, 0.5) is 0 Å². The summed E-state index contributed by atoms with van der Waals surface area (Å²) in [6, 6.07) is 0.581. The SMILES string of the molecule is CN1CCc2[nH]nc(C(=O)N3CCC[C@H](N(C)C)CC3)c2C1. The van der Waals surface area contributed by atoms with Gasteiger partial charge in [-0.2, -0.15) is 5.10 Å². The van der Waals surface area contributed by atoms with Crippen LogP contribution < -0.4 is 0 Å². The Kier molecular flexibility index (Phi) is 4.49. The number of H-pyrrole nitrogens is 1. The van der Waals surface area contributed by atoms with Crippen LogP contribution in [0, 0.1) is 0 Å². The van der Waals surface area contributed by atoms with Crippen molar-refractivity contribution in [1.29, 1.82) is 0 Å². The first-order valence-electron chi connectivity index (χ1n) is 8.26. The molecule has 0 saturated carbocycles. The molecule has 3 rings (SSSR count). The smallest absolute Gasteiger partial charge is 0.274 e. The van der Waals surface area contributed by atoms with Gasteiger partial charge in [0.15, 0.2) is 5.69 Å². The maximum absolute atomic E-state index is 12.9. The Morgan fingerprint density at radius 1 is 1.27 bits per heavy atom. The summed E-state index contributed by atoms with van der Waals surface area (Å²) >= 11 is 0. The number of aromatic nitrogens is 2. The van der Waals surface area contributed by atoms with Gasteiger partial charge in [0.25, 0.3) is 5.91 Å². The number of likely N-dealkylation sites (N-methyl/N-ethyl adjacent to an activating group) is 1. The van der Waals surface area contributed by atoms with Crippen molar-refractivity contribution in [2.24, 2.45) is 0 Å². The van der Waals surface area contributed by atoms with Gasteiger partial charge < -0.3 is 14.7 Å². The van der Waals surface area contributed by atoms with E-state index in [0.29, 0.717) is 11.7 Å². The molecule has 6 heteroatoms. The molecule has 0 aromatic carbocycles. The van der Waals surface area contributed by atoms with Crippen LogP contribution in [0.25, 0.3) is 0 Å². The first-order valence-corrected chi connectivity index (χ1v) is 8.26. The number of hydrogen-bond donors (Lipinski definition) is 1. The number of fused-ring (bicyclic) bond motifs is 1. The molecule has 1 amide bonds. The highest BCUT2D eigenvalue weighted by atomic mass is 16.2. The topological polar surface area (TPSA) is 55.5 Å². The molecule has 1 fully saturated rings. The highest BCUT2D eigenvalue weighted by Crippen LogP contribution is 2.22. The van der Waals surface area contributed by atoms with Gasteiger partial charge in [0.1, 0.15) is 0 Å². The Labute approximate surface area is 132 Å². The van der Waals surface area contributed by atoms with Gasteiger partial charge in [0.2, 0.25) is 0 Å². The summed E-state index contributed by atoms with van der Waals surface area (Å²) in [5.41, 5.74) is 2.89. The average Bonchev–Trinajstić information content (AvgIpc) is 2.74. The van der Waals surface area contributed by atoms with Crippen molar-refractivity contribution in [3.8, 4) is 0 Å². The molecule has 0 unspecified atom stereocenters. The molecule has 1 saturated heterocycles. The van der Waals surface area contributed by atoms with Crippen molar-refractivity contribution in [2.45, 2.75) is 38.3 Å². The molecule has 1 N–H and O–H groups in total. The Bertz CT molecular complexity index is 539.